The van der Waals surface area contributed by atoms with Gasteiger partial charge in [-0.25, -0.2) is 0 Å². The molecule has 5 nitrogen and oxygen atoms in total. The molecule has 2 rings (SSSR count). The van der Waals surface area contributed by atoms with E-state index in [9.17, 15) is 0 Å². The fraction of sp³-hybridized carbons (Fsp3) is 0.143. The second kappa shape index (κ2) is 5.97. The van der Waals surface area contributed by atoms with Crippen molar-refractivity contribution in [1.82, 2.24) is 0 Å². The van der Waals surface area contributed by atoms with Gasteiger partial charge in [0.2, 0.25) is 0 Å². The number of hydrogen-bond donors (Lipinski definition) is 2. The van der Waals surface area contributed by atoms with Gasteiger partial charge in [0.15, 0.2) is 0 Å². The topological polar surface area (TPSA) is 86.0 Å². The zero-order chi connectivity index (χ0) is 13.7. The van der Waals surface area contributed by atoms with Crippen molar-refractivity contribution in [2.75, 3.05) is 18.6 Å². The number of rotatable bonds is 4. The summed E-state index contributed by atoms with van der Waals surface area (Å²) in [6.07, 6.45) is 0. The Bertz CT molecular complexity index is 578. The average Bonchev–Trinajstić information content (AvgIpc) is 2.40. The molecule has 0 saturated carbocycles. The van der Waals surface area contributed by atoms with Crippen LogP contribution in [0.15, 0.2) is 52.7 Å². The highest BCUT2D eigenvalue weighted by Crippen LogP contribution is 2.25. The minimum Gasteiger partial charge on any atom is -0.399 e. The summed E-state index contributed by atoms with van der Waals surface area (Å²) >= 11 is 0. The van der Waals surface area contributed by atoms with Crippen LogP contribution < -0.4 is 11.5 Å². The predicted molar refractivity (Wildman–Crippen MR) is 76.6 cm³/mol. The second-order valence-electron chi connectivity index (χ2n) is 4.11. The van der Waals surface area contributed by atoms with E-state index < -0.39 is 0 Å². The summed E-state index contributed by atoms with van der Waals surface area (Å²) in [5.41, 5.74) is 15.1. The monoisotopic (exact) mass is 256 g/mol. The zero-order valence-corrected chi connectivity index (χ0v) is 10.7. The third-order valence-electron chi connectivity index (χ3n) is 2.57. The normalized spacial score (nSPS) is 11.0. The maximum absolute atomic E-state index is 5.74. The van der Waals surface area contributed by atoms with Crippen LogP contribution in [-0.4, -0.2) is 7.11 Å². The van der Waals surface area contributed by atoms with Crippen LogP contribution in [0.5, 0.6) is 0 Å². The van der Waals surface area contributed by atoms with Crippen LogP contribution in [0.3, 0.4) is 0 Å². The van der Waals surface area contributed by atoms with Gasteiger partial charge in [0, 0.05) is 24.0 Å². The van der Waals surface area contributed by atoms with Gasteiger partial charge in [0.1, 0.15) is 0 Å². The molecule has 0 aromatic heterocycles. The molecule has 5 heteroatoms. The number of methoxy groups -OCH3 is 1. The maximum Gasteiger partial charge on any atom is 0.0913 e. The van der Waals surface area contributed by atoms with E-state index in [0.717, 1.165) is 16.9 Å². The van der Waals surface area contributed by atoms with Gasteiger partial charge in [-0.2, -0.15) is 10.2 Å². The number of azo groups is 1. The summed E-state index contributed by atoms with van der Waals surface area (Å²) in [4.78, 5) is 0. The van der Waals surface area contributed by atoms with E-state index in [0.29, 0.717) is 18.0 Å². The van der Waals surface area contributed by atoms with Crippen LogP contribution in [0.1, 0.15) is 5.56 Å². The molecular weight excluding hydrogens is 240 g/mol. The van der Waals surface area contributed by atoms with Gasteiger partial charge in [-0.15, -0.1) is 0 Å². The van der Waals surface area contributed by atoms with E-state index >= 15 is 0 Å². The lowest BCUT2D eigenvalue weighted by Gasteiger charge is -2.04. The fourth-order valence-corrected chi connectivity index (χ4v) is 1.63. The van der Waals surface area contributed by atoms with Gasteiger partial charge in [-0.05, 0) is 42.5 Å². The summed E-state index contributed by atoms with van der Waals surface area (Å²) in [7, 11) is 1.63. The Morgan fingerprint density at radius 3 is 2.32 bits per heavy atom. The van der Waals surface area contributed by atoms with Crippen molar-refractivity contribution in [1.29, 1.82) is 0 Å². The molecule has 0 fully saturated rings. The van der Waals surface area contributed by atoms with Crippen LogP contribution in [0.25, 0.3) is 0 Å². The van der Waals surface area contributed by atoms with E-state index in [1.165, 1.54) is 0 Å². The van der Waals surface area contributed by atoms with Crippen LogP contribution >= 0.6 is 0 Å². The number of nitrogens with two attached hydrogens (primary N) is 2. The Kier molecular flexibility index (Phi) is 4.10. The number of ether oxygens (including phenoxy) is 1. The molecule has 0 aliphatic rings. The van der Waals surface area contributed by atoms with Crippen LogP contribution in [0.4, 0.5) is 22.7 Å². The molecule has 19 heavy (non-hydrogen) atoms. The molecule has 0 aliphatic carbocycles. The molecule has 0 aliphatic heterocycles. The highest BCUT2D eigenvalue weighted by atomic mass is 16.5. The number of nitrogens with zero attached hydrogens (tertiary/aromatic N) is 2. The highest BCUT2D eigenvalue weighted by Gasteiger charge is 2.02. The molecular formula is C14H16N4O. The smallest absolute Gasteiger partial charge is 0.0913 e. The van der Waals surface area contributed by atoms with Crippen LogP contribution in [0, 0.1) is 0 Å². The molecule has 0 atom stereocenters. The minimum absolute atomic E-state index is 0.446. The standard InChI is InChI=1S/C14H16N4O/c1-19-9-10-8-12(16)4-7-14(10)18-17-13-5-2-11(15)3-6-13/h2-8H,9,15-16H2,1H3. The summed E-state index contributed by atoms with van der Waals surface area (Å²) < 4.78 is 5.12. The SMILES string of the molecule is COCc1cc(N)ccc1N=Nc1ccc(N)cc1. The molecule has 4 N–H and O–H groups in total. The molecule has 0 bridgehead atoms. The third kappa shape index (κ3) is 3.53. The van der Waals surface area contributed by atoms with Crippen molar-refractivity contribution >= 4 is 22.7 Å². The first-order valence-electron chi connectivity index (χ1n) is 5.83. The summed E-state index contributed by atoms with van der Waals surface area (Å²) in [5.74, 6) is 0. The summed E-state index contributed by atoms with van der Waals surface area (Å²) in [6.45, 7) is 0.446. The van der Waals surface area contributed by atoms with Gasteiger partial charge in [0.05, 0.1) is 18.0 Å². The Balaban J connectivity index is 2.24. The van der Waals surface area contributed by atoms with Crippen molar-refractivity contribution in [2.24, 2.45) is 10.2 Å². The van der Waals surface area contributed by atoms with Crippen LogP contribution in [0.2, 0.25) is 0 Å². The van der Waals surface area contributed by atoms with Crippen molar-refractivity contribution in [3.63, 3.8) is 0 Å². The summed E-state index contributed by atoms with van der Waals surface area (Å²) in [6, 6.07) is 12.6. The lowest BCUT2D eigenvalue weighted by molar-refractivity contribution is 0.185. The Hall–Kier alpha value is -2.40. The van der Waals surface area contributed by atoms with Crippen molar-refractivity contribution in [3.8, 4) is 0 Å². The van der Waals surface area contributed by atoms with Crippen LogP contribution in [-0.2, 0) is 11.3 Å². The number of hydrogen-bond acceptors (Lipinski definition) is 5. The zero-order valence-electron chi connectivity index (χ0n) is 10.7. The quantitative estimate of drug-likeness (QED) is 0.649. The molecule has 2 aromatic carbocycles. The first-order chi connectivity index (χ1) is 9.19. The molecule has 0 radical (unpaired) electrons. The molecule has 0 spiro atoms. The Labute approximate surface area is 111 Å². The van der Waals surface area contributed by atoms with Gasteiger partial charge >= 0.3 is 0 Å². The first-order valence-corrected chi connectivity index (χ1v) is 5.83. The largest absolute Gasteiger partial charge is 0.399 e. The van der Waals surface area contributed by atoms with Crippen molar-refractivity contribution < 1.29 is 4.74 Å². The van der Waals surface area contributed by atoms with Gasteiger partial charge < -0.3 is 16.2 Å². The van der Waals surface area contributed by atoms with E-state index in [1.54, 1.807) is 25.3 Å². The van der Waals surface area contributed by atoms with E-state index in [4.69, 9.17) is 16.2 Å². The summed E-state index contributed by atoms with van der Waals surface area (Å²) in [5, 5.41) is 8.38. The first kappa shape index (κ1) is 13.0. The molecule has 2 aromatic rings. The predicted octanol–water partition coefficient (Wildman–Crippen LogP) is 3.41. The van der Waals surface area contributed by atoms with E-state index in [-0.39, 0.29) is 0 Å². The fourth-order valence-electron chi connectivity index (χ4n) is 1.63. The van der Waals surface area contributed by atoms with Gasteiger partial charge in [0.25, 0.3) is 0 Å². The molecule has 98 valence electrons. The lowest BCUT2D eigenvalue weighted by Crippen LogP contribution is -1.91. The number of benzene rings is 2. The van der Waals surface area contributed by atoms with Crippen molar-refractivity contribution in [2.45, 2.75) is 6.61 Å². The molecule has 0 heterocycles. The molecule has 0 unspecified atom stereocenters. The van der Waals surface area contributed by atoms with Gasteiger partial charge in [-0.3, -0.25) is 0 Å². The van der Waals surface area contributed by atoms with E-state index in [1.807, 2.05) is 24.3 Å². The maximum atomic E-state index is 5.74. The van der Waals surface area contributed by atoms with E-state index in [2.05, 4.69) is 10.2 Å². The Morgan fingerprint density at radius 2 is 1.63 bits per heavy atom. The molecule has 0 saturated heterocycles. The molecule has 0 amide bonds. The number of anilines is 2. The van der Waals surface area contributed by atoms with Crippen molar-refractivity contribution in [3.05, 3.63) is 48.0 Å². The highest BCUT2D eigenvalue weighted by molar-refractivity contribution is 5.55. The average molecular weight is 256 g/mol. The minimum atomic E-state index is 0.446. The second-order valence-corrected chi connectivity index (χ2v) is 4.11. The lowest BCUT2D eigenvalue weighted by atomic mass is 10.2. The third-order valence-corrected chi connectivity index (χ3v) is 2.57. The number of nitrogen functional groups attached to an aromatic ring is 2. The van der Waals surface area contributed by atoms with Gasteiger partial charge in [-0.1, -0.05) is 0 Å². The Morgan fingerprint density at radius 1 is 0.947 bits per heavy atom.